The molecule has 0 amide bonds. The molecule has 1 saturated carbocycles. The van der Waals surface area contributed by atoms with Gasteiger partial charge in [0.15, 0.2) is 0 Å². The lowest BCUT2D eigenvalue weighted by Gasteiger charge is -2.29. The van der Waals surface area contributed by atoms with Crippen LogP contribution in [-0.4, -0.2) is 39.4 Å². The number of nitrogens with one attached hydrogen (secondary N) is 1. The summed E-state index contributed by atoms with van der Waals surface area (Å²) in [5.41, 5.74) is 2.03. The van der Waals surface area contributed by atoms with Crippen LogP contribution in [0.15, 0.2) is 6.20 Å². The molecule has 4 nitrogen and oxygen atoms in total. The van der Waals surface area contributed by atoms with Crippen LogP contribution in [0.25, 0.3) is 0 Å². The molecule has 1 aromatic heterocycles. The van der Waals surface area contributed by atoms with Crippen molar-refractivity contribution in [3.05, 3.63) is 17.5 Å². The first-order valence-electron chi connectivity index (χ1n) is 7.24. The predicted molar refractivity (Wildman–Crippen MR) is 77.0 cm³/mol. The molecule has 1 aromatic rings. The summed E-state index contributed by atoms with van der Waals surface area (Å²) in [6, 6.07) is 0. The molecule has 0 radical (unpaired) electrons. The van der Waals surface area contributed by atoms with Gasteiger partial charge < -0.3 is 5.11 Å². The van der Waals surface area contributed by atoms with Crippen LogP contribution in [0.5, 0.6) is 0 Å². The number of nitrogens with zero attached hydrogens (tertiary/aromatic N) is 2. The highest BCUT2D eigenvalue weighted by Crippen LogP contribution is 2.31. The number of rotatable bonds is 4. The standard InChI is InChI=1S/C15H27N3O/c1-14(2,3)13-12(9-16-17-13)10-18(4)11-15(19)7-5-6-8-15/h9,19H,5-8,10-11H2,1-4H3,(H,16,17). The molecule has 0 bridgehead atoms. The Morgan fingerprint density at radius 1 is 1.37 bits per heavy atom. The molecule has 2 rings (SSSR count). The molecule has 1 aliphatic carbocycles. The summed E-state index contributed by atoms with van der Waals surface area (Å²) >= 11 is 0. The Morgan fingerprint density at radius 2 is 2.00 bits per heavy atom. The summed E-state index contributed by atoms with van der Waals surface area (Å²) in [6.45, 7) is 8.16. The minimum atomic E-state index is -0.472. The van der Waals surface area contributed by atoms with Crippen molar-refractivity contribution in [2.24, 2.45) is 0 Å². The third-order valence-corrected chi connectivity index (χ3v) is 4.01. The van der Waals surface area contributed by atoms with Gasteiger partial charge >= 0.3 is 0 Å². The molecule has 0 atom stereocenters. The van der Waals surface area contributed by atoms with Gasteiger partial charge in [-0.3, -0.25) is 10.00 Å². The van der Waals surface area contributed by atoms with Gasteiger partial charge in [0.05, 0.1) is 11.8 Å². The average molecular weight is 265 g/mol. The fourth-order valence-corrected chi connectivity index (χ4v) is 3.12. The number of likely N-dealkylation sites (N-methyl/N-ethyl adjacent to an activating group) is 1. The molecule has 0 unspecified atom stereocenters. The molecule has 2 N–H and O–H groups in total. The Hall–Kier alpha value is -0.870. The van der Waals surface area contributed by atoms with Crippen LogP contribution in [0.1, 0.15) is 57.7 Å². The van der Waals surface area contributed by atoms with Gasteiger partial charge in [0.1, 0.15) is 0 Å². The second kappa shape index (κ2) is 5.25. The van der Waals surface area contributed by atoms with E-state index in [0.29, 0.717) is 0 Å². The lowest BCUT2D eigenvalue weighted by Crippen LogP contribution is -2.39. The van der Waals surface area contributed by atoms with Crippen LogP contribution >= 0.6 is 0 Å². The Labute approximate surface area is 116 Å². The molecule has 1 aliphatic rings. The zero-order chi connectivity index (χ0) is 14.1. The van der Waals surface area contributed by atoms with Gasteiger partial charge in [-0.25, -0.2) is 0 Å². The van der Waals surface area contributed by atoms with Crippen LogP contribution < -0.4 is 0 Å². The van der Waals surface area contributed by atoms with E-state index in [2.05, 4.69) is 42.9 Å². The van der Waals surface area contributed by atoms with E-state index in [-0.39, 0.29) is 5.41 Å². The van der Waals surface area contributed by atoms with Gasteiger partial charge in [0.25, 0.3) is 0 Å². The fourth-order valence-electron chi connectivity index (χ4n) is 3.12. The van der Waals surface area contributed by atoms with E-state index >= 15 is 0 Å². The number of H-pyrrole nitrogens is 1. The highest BCUT2D eigenvalue weighted by molar-refractivity contribution is 5.23. The number of hydrogen-bond acceptors (Lipinski definition) is 3. The van der Waals surface area contributed by atoms with Crippen molar-refractivity contribution in [2.75, 3.05) is 13.6 Å². The van der Waals surface area contributed by atoms with Crippen molar-refractivity contribution in [1.29, 1.82) is 0 Å². The van der Waals surface area contributed by atoms with Crippen molar-refractivity contribution < 1.29 is 5.11 Å². The highest BCUT2D eigenvalue weighted by Gasteiger charge is 2.32. The second-order valence-electron chi connectivity index (χ2n) is 7.12. The molecule has 1 heterocycles. The summed E-state index contributed by atoms with van der Waals surface area (Å²) < 4.78 is 0. The predicted octanol–water partition coefficient (Wildman–Crippen LogP) is 2.44. The number of aromatic amines is 1. The van der Waals surface area contributed by atoms with Crippen molar-refractivity contribution in [3.8, 4) is 0 Å². The summed E-state index contributed by atoms with van der Waals surface area (Å²) in [4.78, 5) is 2.21. The molecule has 0 spiro atoms. The van der Waals surface area contributed by atoms with Gasteiger partial charge in [0.2, 0.25) is 0 Å². The second-order valence-corrected chi connectivity index (χ2v) is 7.12. The molecule has 19 heavy (non-hydrogen) atoms. The monoisotopic (exact) mass is 265 g/mol. The molecule has 1 fully saturated rings. The molecule has 4 heteroatoms. The van der Waals surface area contributed by atoms with Crippen LogP contribution in [-0.2, 0) is 12.0 Å². The van der Waals surface area contributed by atoms with Gasteiger partial charge in [-0.15, -0.1) is 0 Å². The average Bonchev–Trinajstić information content (AvgIpc) is 2.86. The molecule has 0 aromatic carbocycles. The van der Waals surface area contributed by atoms with E-state index in [1.807, 2.05) is 6.20 Å². The van der Waals surface area contributed by atoms with Gasteiger partial charge in [-0.1, -0.05) is 33.6 Å². The first-order chi connectivity index (χ1) is 8.80. The van der Waals surface area contributed by atoms with E-state index in [0.717, 1.165) is 38.8 Å². The molecular weight excluding hydrogens is 238 g/mol. The number of hydrogen-bond donors (Lipinski definition) is 2. The zero-order valence-corrected chi connectivity index (χ0v) is 12.7. The first kappa shape index (κ1) is 14.5. The minimum absolute atomic E-state index is 0.0803. The molecular formula is C15H27N3O. The Balaban J connectivity index is 1.99. The summed E-state index contributed by atoms with van der Waals surface area (Å²) in [5.74, 6) is 0. The summed E-state index contributed by atoms with van der Waals surface area (Å²) in [5, 5.41) is 17.7. The highest BCUT2D eigenvalue weighted by atomic mass is 16.3. The van der Waals surface area contributed by atoms with Gasteiger partial charge in [-0.05, 0) is 19.9 Å². The van der Waals surface area contributed by atoms with Gasteiger partial charge in [-0.2, -0.15) is 5.10 Å². The Bertz CT molecular complexity index is 413. The van der Waals surface area contributed by atoms with Crippen molar-refractivity contribution in [1.82, 2.24) is 15.1 Å². The van der Waals surface area contributed by atoms with Crippen LogP contribution in [0, 0.1) is 0 Å². The van der Waals surface area contributed by atoms with E-state index in [9.17, 15) is 5.11 Å². The molecule has 108 valence electrons. The maximum absolute atomic E-state index is 10.5. The van der Waals surface area contributed by atoms with E-state index < -0.39 is 5.60 Å². The minimum Gasteiger partial charge on any atom is -0.389 e. The lowest BCUT2D eigenvalue weighted by atomic mass is 9.89. The zero-order valence-electron chi connectivity index (χ0n) is 12.7. The largest absolute Gasteiger partial charge is 0.389 e. The quantitative estimate of drug-likeness (QED) is 0.879. The smallest absolute Gasteiger partial charge is 0.0774 e. The fraction of sp³-hybridized carbons (Fsp3) is 0.800. The van der Waals surface area contributed by atoms with Crippen molar-refractivity contribution >= 4 is 0 Å². The molecule has 0 aliphatic heterocycles. The van der Waals surface area contributed by atoms with E-state index in [4.69, 9.17) is 0 Å². The third-order valence-electron chi connectivity index (χ3n) is 4.01. The summed E-state index contributed by atoms with van der Waals surface area (Å²) in [6.07, 6.45) is 6.10. The van der Waals surface area contributed by atoms with Gasteiger partial charge in [0, 0.05) is 29.8 Å². The van der Waals surface area contributed by atoms with Crippen LogP contribution in [0.3, 0.4) is 0 Å². The first-order valence-corrected chi connectivity index (χ1v) is 7.24. The SMILES string of the molecule is CN(Cc1cn[nH]c1C(C)(C)C)CC1(O)CCCC1. The Kier molecular flexibility index (Phi) is 4.02. The van der Waals surface area contributed by atoms with E-state index in [1.165, 1.54) is 11.3 Å². The third kappa shape index (κ3) is 3.57. The van der Waals surface area contributed by atoms with Crippen molar-refractivity contribution in [3.63, 3.8) is 0 Å². The Morgan fingerprint density at radius 3 is 2.58 bits per heavy atom. The van der Waals surface area contributed by atoms with E-state index in [1.54, 1.807) is 0 Å². The van der Waals surface area contributed by atoms with Crippen LogP contribution in [0.2, 0.25) is 0 Å². The topological polar surface area (TPSA) is 52.2 Å². The van der Waals surface area contributed by atoms with Crippen molar-refractivity contribution in [2.45, 2.75) is 64.0 Å². The lowest BCUT2D eigenvalue weighted by molar-refractivity contribution is 0.0144. The maximum atomic E-state index is 10.5. The number of aliphatic hydroxyl groups is 1. The maximum Gasteiger partial charge on any atom is 0.0774 e. The molecule has 0 saturated heterocycles. The normalized spacial score (nSPS) is 19.3. The number of aromatic nitrogens is 2. The summed E-state index contributed by atoms with van der Waals surface area (Å²) in [7, 11) is 2.08. The van der Waals surface area contributed by atoms with Crippen LogP contribution in [0.4, 0.5) is 0 Å².